The molecule has 0 unspecified atom stereocenters. The van der Waals surface area contributed by atoms with E-state index in [-0.39, 0.29) is 5.54 Å². The van der Waals surface area contributed by atoms with Crippen LogP contribution < -0.4 is 0 Å². The zero-order valence-electron chi connectivity index (χ0n) is 5.89. The largest absolute Gasteiger partial charge is 0.150 e. The molecule has 0 saturated heterocycles. The van der Waals surface area contributed by atoms with E-state index in [1.807, 2.05) is 6.92 Å². The van der Waals surface area contributed by atoms with Gasteiger partial charge in [0, 0.05) is 0 Å². The maximum atomic E-state index is 10.2. The van der Waals surface area contributed by atoms with E-state index in [1.54, 1.807) is 0 Å². The molecule has 0 radical (unpaired) electrons. The average molecular weight is 127 g/mol. The fourth-order valence-corrected chi connectivity index (χ4v) is 1.40. The average Bonchev–Trinajstić information content (AvgIpc) is 1.90. The van der Waals surface area contributed by atoms with Crippen LogP contribution in [-0.2, 0) is 0 Å². The minimum absolute atomic E-state index is 0.210. The third kappa shape index (κ3) is 1.50. The molecule has 0 heterocycles. The molecule has 0 atom stereocenters. The quantitative estimate of drug-likeness (QED) is 0.497. The van der Waals surface area contributed by atoms with Gasteiger partial charge in [-0.3, -0.25) is 0 Å². The van der Waals surface area contributed by atoms with Crippen LogP contribution >= 0.6 is 0 Å². The van der Waals surface area contributed by atoms with E-state index in [1.165, 1.54) is 19.3 Å². The molecule has 0 aromatic rings. The van der Waals surface area contributed by atoms with Gasteiger partial charge >= 0.3 is 0 Å². The highest BCUT2D eigenvalue weighted by Gasteiger charge is 2.27. The Morgan fingerprint density at radius 2 is 1.78 bits per heavy atom. The molecule has 0 aliphatic heterocycles. The summed E-state index contributed by atoms with van der Waals surface area (Å²) in [6.07, 6.45) is 5.64. The molecule has 1 aliphatic rings. The summed E-state index contributed by atoms with van der Waals surface area (Å²) in [7, 11) is 0. The second kappa shape index (κ2) is 2.46. The number of nitroso groups, excluding NO2 is 1. The number of rotatable bonds is 1. The molecular formula is C7H13NO. The molecule has 1 rings (SSSR count). The smallest absolute Gasteiger partial charge is 0.0998 e. The normalized spacial score (nSPS) is 25.4. The van der Waals surface area contributed by atoms with Crippen molar-refractivity contribution in [2.75, 3.05) is 0 Å². The highest BCUT2D eigenvalue weighted by molar-refractivity contribution is 4.85. The molecule has 0 aromatic carbocycles. The first-order valence-corrected chi connectivity index (χ1v) is 3.61. The van der Waals surface area contributed by atoms with Gasteiger partial charge in [-0.1, -0.05) is 24.4 Å². The predicted octanol–water partition coefficient (Wildman–Crippen LogP) is 2.48. The van der Waals surface area contributed by atoms with Gasteiger partial charge in [0.2, 0.25) is 0 Å². The van der Waals surface area contributed by atoms with Crippen LogP contribution in [0.25, 0.3) is 0 Å². The standard InChI is InChI=1S/C7H13NO/c1-7(8-9)5-3-2-4-6-7/h2-6H2,1H3. The molecule has 52 valence electrons. The summed E-state index contributed by atoms with van der Waals surface area (Å²) >= 11 is 0. The molecule has 2 nitrogen and oxygen atoms in total. The van der Waals surface area contributed by atoms with Crippen LogP contribution in [0.2, 0.25) is 0 Å². The van der Waals surface area contributed by atoms with Crippen molar-refractivity contribution >= 4 is 0 Å². The van der Waals surface area contributed by atoms with E-state index in [0.717, 1.165) is 12.8 Å². The van der Waals surface area contributed by atoms with Gasteiger partial charge in [0.05, 0.1) is 5.54 Å². The Morgan fingerprint density at radius 3 is 2.11 bits per heavy atom. The monoisotopic (exact) mass is 127 g/mol. The summed E-state index contributed by atoms with van der Waals surface area (Å²) in [5.74, 6) is 0. The SMILES string of the molecule is CC1(N=O)CCCCC1. The zero-order chi connectivity index (χ0) is 6.74. The number of hydrogen-bond acceptors (Lipinski definition) is 2. The van der Waals surface area contributed by atoms with Gasteiger partial charge < -0.3 is 0 Å². The highest BCUT2D eigenvalue weighted by Crippen LogP contribution is 2.30. The van der Waals surface area contributed by atoms with Crippen LogP contribution in [0.3, 0.4) is 0 Å². The number of nitrogens with zero attached hydrogens (tertiary/aromatic N) is 1. The van der Waals surface area contributed by atoms with Crippen molar-refractivity contribution in [3.8, 4) is 0 Å². The third-order valence-electron chi connectivity index (χ3n) is 2.15. The summed E-state index contributed by atoms with van der Waals surface area (Å²) < 4.78 is 0. The van der Waals surface area contributed by atoms with Gasteiger partial charge in [-0.2, -0.15) is 4.91 Å². The first-order chi connectivity index (χ1) is 4.27. The van der Waals surface area contributed by atoms with Gasteiger partial charge in [-0.15, -0.1) is 0 Å². The van der Waals surface area contributed by atoms with Gasteiger partial charge in [-0.25, -0.2) is 0 Å². The lowest BCUT2D eigenvalue weighted by Crippen LogP contribution is -2.23. The van der Waals surface area contributed by atoms with Crippen molar-refractivity contribution in [3.63, 3.8) is 0 Å². The fraction of sp³-hybridized carbons (Fsp3) is 1.00. The molecule has 1 aliphatic carbocycles. The molecule has 0 amide bonds. The van der Waals surface area contributed by atoms with Crippen LogP contribution in [0.4, 0.5) is 0 Å². The Morgan fingerprint density at radius 1 is 1.22 bits per heavy atom. The maximum absolute atomic E-state index is 10.2. The summed E-state index contributed by atoms with van der Waals surface area (Å²) in [5, 5.41) is 3.13. The molecule has 0 aromatic heterocycles. The summed E-state index contributed by atoms with van der Waals surface area (Å²) in [6, 6.07) is 0. The van der Waals surface area contributed by atoms with E-state index >= 15 is 0 Å². The molecule has 9 heavy (non-hydrogen) atoms. The Balaban J connectivity index is 2.46. The maximum Gasteiger partial charge on any atom is 0.0998 e. The van der Waals surface area contributed by atoms with Crippen molar-refractivity contribution in [3.05, 3.63) is 4.91 Å². The predicted molar refractivity (Wildman–Crippen MR) is 37.3 cm³/mol. The minimum Gasteiger partial charge on any atom is -0.150 e. The van der Waals surface area contributed by atoms with E-state index in [2.05, 4.69) is 5.18 Å². The summed E-state index contributed by atoms with van der Waals surface area (Å²) in [5.41, 5.74) is -0.210. The molecule has 0 spiro atoms. The lowest BCUT2D eigenvalue weighted by atomic mass is 9.84. The second-order valence-electron chi connectivity index (χ2n) is 3.15. The van der Waals surface area contributed by atoms with Gasteiger partial charge in [0.15, 0.2) is 0 Å². The van der Waals surface area contributed by atoms with Crippen LogP contribution in [-0.4, -0.2) is 5.54 Å². The van der Waals surface area contributed by atoms with Gasteiger partial charge in [-0.05, 0) is 19.8 Å². The Hall–Kier alpha value is -0.400. The lowest BCUT2D eigenvalue weighted by Gasteiger charge is -2.25. The van der Waals surface area contributed by atoms with E-state index in [9.17, 15) is 4.91 Å². The molecular weight excluding hydrogens is 114 g/mol. The van der Waals surface area contributed by atoms with Crippen molar-refractivity contribution in [2.45, 2.75) is 44.6 Å². The first-order valence-electron chi connectivity index (χ1n) is 3.61. The van der Waals surface area contributed by atoms with Crippen LogP contribution in [0.1, 0.15) is 39.0 Å². The van der Waals surface area contributed by atoms with E-state index in [4.69, 9.17) is 0 Å². The topological polar surface area (TPSA) is 29.4 Å². The van der Waals surface area contributed by atoms with Gasteiger partial charge in [0.1, 0.15) is 0 Å². The van der Waals surface area contributed by atoms with Crippen molar-refractivity contribution < 1.29 is 0 Å². The molecule has 2 heteroatoms. The molecule has 1 saturated carbocycles. The number of hydrogen-bond donors (Lipinski definition) is 0. The van der Waals surface area contributed by atoms with Crippen LogP contribution in [0.5, 0.6) is 0 Å². The van der Waals surface area contributed by atoms with Crippen LogP contribution in [0, 0.1) is 4.91 Å². The Labute approximate surface area is 55.6 Å². The molecule has 0 bridgehead atoms. The fourth-order valence-electron chi connectivity index (χ4n) is 1.40. The van der Waals surface area contributed by atoms with Crippen molar-refractivity contribution in [1.29, 1.82) is 0 Å². The molecule has 1 fully saturated rings. The Kier molecular flexibility index (Phi) is 1.84. The third-order valence-corrected chi connectivity index (χ3v) is 2.15. The summed E-state index contributed by atoms with van der Waals surface area (Å²) in [6.45, 7) is 1.96. The van der Waals surface area contributed by atoms with E-state index < -0.39 is 0 Å². The molecule has 0 N–H and O–H groups in total. The van der Waals surface area contributed by atoms with Crippen LogP contribution in [0.15, 0.2) is 5.18 Å². The summed E-state index contributed by atoms with van der Waals surface area (Å²) in [4.78, 5) is 10.2. The lowest BCUT2D eigenvalue weighted by molar-refractivity contribution is 0.322. The van der Waals surface area contributed by atoms with Crippen molar-refractivity contribution in [2.24, 2.45) is 5.18 Å². The minimum atomic E-state index is -0.210. The van der Waals surface area contributed by atoms with Crippen molar-refractivity contribution in [1.82, 2.24) is 0 Å². The van der Waals surface area contributed by atoms with E-state index in [0.29, 0.717) is 0 Å². The van der Waals surface area contributed by atoms with Gasteiger partial charge in [0.25, 0.3) is 0 Å². The first kappa shape index (κ1) is 6.72. The highest BCUT2D eigenvalue weighted by atomic mass is 16.3. The Bertz CT molecular complexity index is 105. The zero-order valence-corrected chi connectivity index (χ0v) is 5.89. The second-order valence-corrected chi connectivity index (χ2v) is 3.15.